The van der Waals surface area contributed by atoms with E-state index in [-0.39, 0.29) is 17.2 Å². The second-order valence-corrected chi connectivity index (χ2v) is 4.57. The van der Waals surface area contributed by atoms with Gasteiger partial charge in [-0.1, -0.05) is 0 Å². The molecule has 0 unspecified atom stereocenters. The number of aromatic hydroxyl groups is 1. The van der Waals surface area contributed by atoms with Crippen molar-refractivity contribution in [1.82, 2.24) is 14.8 Å². The second-order valence-electron chi connectivity index (χ2n) is 4.57. The number of carbonyl (C=O) groups is 2. The van der Waals surface area contributed by atoms with Crippen molar-refractivity contribution in [2.75, 3.05) is 32.8 Å². The Morgan fingerprint density at radius 3 is 2.48 bits per heavy atom. The Morgan fingerprint density at radius 1 is 1.29 bits per heavy atom. The van der Waals surface area contributed by atoms with E-state index < -0.39 is 11.7 Å². The number of amides is 2. The molecule has 0 atom stereocenters. The average Bonchev–Trinajstić information content (AvgIpc) is 2.47. The monoisotopic (exact) mass is 295 g/mol. The van der Waals surface area contributed by atoms with Gasteiger partial charge >= 0.3 is 6.09 Å². The van der Waals surface area contributed by atoms with Crippen LogP contribution in [-0.2, 0) is 4.74 Å². The van der Waals surface area contributed by atoms with Gasteiger partial charge in [0.15, 0.2) is 0 Å². The zero-order valence-corrected chi connectivity index (χ0v) is 11.7. The fourth-order valence-electron chi connectivity index (χ4n) is 2.11. The molecule has 8 nitrogen and oxygen atoms in total. The van der Waals surface area contributed by atoms with Gasteiger partial charge in [0.2, 0.25) is 0 Å². The van der Waals surface area contributed by atoms with Crippen molar-refractivity contribution in [3.63, 3.8) is 0 Å². The number of carbonyl (C=O) groups excluding carboxylic acids is 2. The number of rotatable bonds is 2. The standard InChI is InChI=1S/C13H17N3O5/c1-2-21-13(20)16-5-3-15(4-6-16)12(19)9-8-14-11(18)7-10(9)17/h7-8H,2-6H2,1H3,(H2,14,17,18). The van der Waals surface area contributed by atoms with Crippen LogP contribution >= 0.6 is 0 Å². The number of hydrogen-bond acceptors (Lipinski definition) is 5. The summed E-state index contributed by atoms with van der Waals surface area (Å²) in [6.07, 6.45) is 0.800. The number of nitrogens with zero attached hydrogens (tertiary/aromatic N) is 2. The molecule has 2 heterocycles. The first-order chi connectivity index (χ1) is 10.0. The highest BCUT2D eigenvalue weighted by Crippen LogP contribution is 2.16. The lowest BCUT2D eigenvalue weighted by atomic mass is 10.2. The number of aromatic nitrogens is 1. The number of aromatic amines is 1. The van der Waals surface area contributed by atoms with Gasteiger partial charge in [-0.3, -0.25) is 9.59 Å². The maximum atomic E-state index is 12.2. The molecule has 1 aromatic rings. The molecule has 114 valence electrons. The molecule has 1 aliphatic heterocycles. The molecule has 2 N–H and O–H groups in total. The third-order valence-corrected chi connectivity index (χ3v) is 3.23. The van der Waals surface area contributed by atoms with Gasteiger partial charge in [-0.2, -0.15) is 0 Å². The van der Waals surface area contributed by atoms with Gasteiger partial charge in [-0.05, 0) is 6.92 Å². The molecule has 0 saturated carbocycles. The first kappa shape index (κ1) is 14.9. The molecule has 0 aromatic carbocycles. The van der Waals surface area contributed by atoms with E-state index in [1.807, 2.05) is 0 Å². The highest BCUT2D eigenvalue weighted by molar-refractivity contribution is 5.96. The Balaban J connectivity index is 2.00. The fourth-order valence-corrected chi connectivity index (χ4v) is 2.11. The highest BCUT2D eigenvalue weighted by atomic mass is 16.6. The molecule has 2 rings (SSSR count). The van der Waals surface area contributed by atoms with Gasteiger partial charge < -0.3 is 24.6 Å². The summed E-state index contributed by atoms with van der Waals surface area (Å²) >= 11 is 0. The molecule has 1 aliphatic rings. The van der Waals surface area contributed by atoms with E-state index in [2.05, 4.69) is 4.98 Å². The van der Waals surface area contributed by atoms with Crippen LogP contribution in [-0.4, -0.2) is 64.7 Å². The topological polar surface area (TPSA) is 103 Å². The van der Waals surface area contributed by atoms with Gasteiger partial charge in [0.1, 0.15) is 5.75 Å². The number of hydrogen-bond donors (Lipinski definition) is 2. The minimum absolute atomic E-state index is 0.0409. The normalized spacial score (nSPS) is 14.9. The molecule has 0 aliphatic carbocycles. The van der Waals surface area contributed by atoms with E-state index >= 15 is 0 Å². The summed E-state index contributed by atoms with van der Waals surface area (Å²) in [5, 5.41) is 9.65. The first-order valence-corrected chi connectivity index (χ1v) is 6.65. The Morgan fingerprint density at radius 2 is 1.90 bits per heavy atom. The van der Waals surface area contributed by atoms with Gasteiger partial charge in [-0.25, -0.2) is 4.79 Å². The van der Waals surface area contributed by atoms with Crippen LogP contribution in [0.2, 0.25) is 0 Å². The first-order valence-electron chi connectivity index (χ1n) is 6.65. The number of nitrogens with one attached hydrogen (secondary N) is 1. The Bertz CT molecular complexity index is 590. The smallest absolute Gasteiger partial charge is 0.409 e. The molecule has 21 heavy (non-hydrogen) atoms. The minimum atomic E-state index is -0.476. The van der Waals surface area contributed by atoms with Gasteiger partial charge in [0, 0.05) is 38.4 Å². The minimum Gasteiger partial charge on any atom is -0.507 e. The van der Waals surface area contributed by atoms with Gasteiger partial charge in [0.25, 0.3) is 11.5 Å². The zero-order valence-electron chi connectivity index (χ0n) is 11.7. The number of piperazine rings is 1. The van der Waals surface area contributed by atoms with Crippen molar-refractivity contribution in [1.29, 1.82) is 0 Å². The lowest BCUT2D eigenvalue weighted by molar-refractivity contribution is 0.0567. The van der Waals surface area contributed by atoms with E-state index in [0.717, 1.165) is 6.07 Å². The Labute approximate surface area is 120 Å². The molecular formula is C13H17N3O5. The molecule has 1 aromatic heterocycles. The summed E-state index contributed by atoms with van der Waals surface area (Å²) in [5.74, 6) is -0.733. The quantitative estimate of drug-likeness (QED) is 0.799. The Hall–Kier alpha value is -2.51. The summed E-state index contributed by atoms with van der Waals surface area (Å²) < 4.78 is 4.90. The van der Waals surface area contributed by atoms with Gasteiger partial charge in [-0.15, -0.1) is 0 Å². The van der Waals surface area contributed by atoms with Gasteiger partial charge in [0.05, 0.1) is 12.2 Å². The molecule has 1 fully saturated rings. The van der Waals surface area contributed by atoms with Crippen molar-refractivity contribution < 1.29 is 19.4 Å². The highest BCUT2D eigenvalue weighted by Gasteiger charge is 2.26. The SMILES string of the molecule is CCOC(=O)N1CCN(C(=O)c2c[nH]c(=O)cc2O)CC1. The van der Waals surface area contributed by atoms with Crippen LogP contribution in [0.25, 0.3) is 0 Å². The van der Waals surface area contributed by atoms with Crippen LogP contribution < -0.4 is 5.56 Å². The maximum absolute atomic E-state index is 12.2. The molecule has 0 bridgehead atoms. The number of H-pyrrole nitrogens is 1. The summed E-state index contributed by atoms with van der Waals surface area (Å²) in [4.78, 5) is 40.2. The lowest BCUT2D eigenvalue weighted by Crippen LogP contribution is -2.50. The fraction of sp³-hybridized carbons (Fsp3) is 0.462. The van der Waals surface area contributed by atoms with Crippen LogP contribution in [0.1, 0.15) is 17.3 Å². The Kier molecular flexibility index (Phi) is 4.46. The van der Waals surface area contributed by atoms with E-state index in [4.69, 9.17) is 4.74 Å². The van der Waals surface area contributed by atoms with Crippen LogP contribution in [0.3, 0.4) is 0 Å². The van der Waals surface area contributed by atoms with Crippen LogP contribution in [0, 0.1) is 0 Å². The van der Waals surface area contributed by atoms with E-state index in [1.54, 1.807) is 6.92 Å². The van der Waals surface area contributed by atoms with Crippen molar-refractivity contribution >= 4 is 12.0 Å². The van der Waals surface area contributed by atoms with Crippen LogP contribution in [0.15, 0.2) is 17.1 Å². The molecule has 2 amide bonds. The lowest BCUT2D eigenvalue weighted by Gasteiger charge is -2.34. The number of ether oxygens (including phenoxy) is 1. The summed E-state index contributed by atoms with van der Waals surface area (Å²) in [5.41, 5.74) is -0.435. The number of pyridine rings is 1. The van der Waals surface area contributed by atoms with Crippen molar-refractivity contribution in [3.05, 3.63) is 28.2 Å². The average molecular weight is 295 g/mol. The van der Waals surface area contributed by atoms with Crippen LogP contribution in [0.5, 0.6) is 5.75 Å². The van der Waals surface area contributed by atoms with E-state index in [1.165, 1.54) is 16.0 Å². The van der Waals surface area contributed by atoms with Crippen molar-refractivity contribution in [3.8, 4) is 5.75 Å². The van der Waals surface area contributed by atoms with Crippen molar-refractivity contribution in [2.45, 2.75) is 6.92 Å². The predicted octanol–water partition coefficient (Wildman–Crippen LogP) is -0.00520. The molecule has 0 spiro atoms. The maximum Gasteiger partial charge on any atom is 0.409 e. The summed E-state index contributed by atoms with van der Waals surface area (Å²) in [6.45, 7) is 3.47. The van der Waals surface area contributed by atoms with Crippen LogP contribution in [0.4, 0.5) is 4.79 Å². The molecule has 8 heteroatoms. The van der Waals surface area contributed by atoms with E-state index in [0.29, 0.717) is 32.8 Å². The second kappa shape index (κ2) is 6.29. The zero-order chi connectivity index (χ0) is 15.4. The summed E-state index contributed by atoms with van der Waals surface area (Å²) in [7, 11) is 0. The molecule has 0 radical (unpaired) electrons. The van der Waals surface area contributed by atoms with Crippen molar-refractivity contribution in [2.24, 2.45) is 0 Å². The largest absolute Gasteiger partial charge is 0.507 e. The summed E-state index contributed by atoms with van der Waals surface area (Å²) in [6, 6.07) is 0.960. The third-order valence-electron chi connectivity index (χ3n) is 3.23. The molecular weight excluding hydrogens is 278 g/mol. The third kappa shape index (κ3) is 3.33. The van der Waals surface area contributed by atoms with E-state index in [9.17, 15) is 19.5 Å². The predicted molar refractivity (Wildman–Crippen MR) is 73.2 cm³/mol. The molecule has 1 saturated heterocycles.